The molecule has 0 aliphatic heterocycles. The lowest BCUT2D eigenvalue weighted by atomic mass is 10.1. The van der Waals surface area contributed by atoms with Crippen LogP contribution in [0.2, 0.25) is 0 Å². The second-order valence-electron chi connectivity index (χ2n) is 4.99. The van der Waals surface area contributed by atoms with Crippen molar-refractivity contribution in [1.29, 1.82) is 0 Å². The van der Waals surface area contributed by atoms with E-state index in [1.165, 1.54) is 0 Å². The minimum absolute atomic E-state index is 0.193. The zero-order valence-corrected chi connectivity index (χ0v) is 13.4. The number of amides is 1. The van der Waals surface area contributed by atoms with Gasteiger partial charge in [0.05, 0.1) is 19.2 Å². The molecular formula is C16H17N5O3. The van der Waals surface area contributed by atoms with Crippen molar-refractivity contribution < 1.29 is 14.1 Å². The van der Waals surface area contributed by atoms with E-state index >= 15 is 0 Å². The largest absolute Gasteiger partial charge is 0.496 e. The van der Waals surface area contributed by atoms with E-state index < -0.39 is 0 Å². The second kappa shape index (κ2) is 6.95. The van der Waals surface area contributed by atoms with Gasteiger partial charge in [-0.3, -0.25) is 4.79 Å². The van der Waals surface area contributed by atoms with E-state index in [1.807, 2.05) is 35.8 Å². The van der Waals surface area contributed by atoms with Crippen LogP contribution >= 0.6 is 0 Å². The van der Waals surface area contributed by atoms with Gasteiger partial charge in [-0.15, -0.1) is 10.2 Å². The first-order valence-corrected chi connectivity index (χ1v) is 7.48. The average Bonchev–Trinajstić information content (AvgIpc) is 3.28. The van der Waals surface area contributed by atoms with Crippen LogP contribution in [-0.4, -0.2) is 32.9 Å². The molecule has 24 heavy (non-hydrogen) atoms. The summed E-state index contributed by atoms with van der Waals surface area (Å²) >= 11 is 0. The van der Waals surface area contributed by atoms with Gasteiger partial charge >= 0.3 is 0 Å². The standard InChI is InChI=1S/C16H17N5O3/c1-3-21-10-18-19-15(21)9-17-16(22)12-8-14(24-20-12)11-6-4-5-7-13(11)23-2/h4-8,10H,3,9H2,1-2H3,(H,17,22). The number of para-hydroxylation sites is 1. The highest BCUT2D eigenvalue weighted by Gasteiger charge is 2.16. The van der Waals surface area contributed by atoms with Gasteiger partial charge in [-0.05, 0) is 19.1 Å². The molecule has 8 nitrogen and oxygen atoms in total. The van der Waals surface area contributed by atoms with Crippen LogP contribution in [0, 0.1) is 0 Å². The number of rotatable bonds is 6. The van der Waals surface area contributed by atoms with Crippen molar-refractivity contribution in [2.75, 3.05) is 7.11 Å². The molecular weight excluding hydrogens is 310 g/mol. The molecule has 2 heterocycles. The normalized spacial score (nSPS) is 10.6. The molecule has 1 amide bonds. The molecule has 0 radical (unpaired) electrons. The fourth-order valence-corrected chi connectivity index (χ4v) is 2.29. The van der Waals surface area contributed by atoms with Crippen LogP contribution in [0.15, 0.2) is 41.2 Å². The number of ether oxygens (including phenoxy) is 1. The summed E-state index contributed by atoms with van der Waals surface area (Å²) in [5.41, 5.74) is 0.927. The molecule has 124 valence electrons. The maximum Gasteiger partial charge on any atom is 0.273 e. The van der Waals surface area contributed by atoms with E-state index in [9.17, 15) is 4.79 Å². The maximum absolute atomic E-state index is 12.2. The van der Waals surface area contributed by atoms with Crippen molar-refractivity contribution in [3.8, 4) is 17.1 Å². The maximum atomic E-state index is 12.2. The highest BCUT2D eigenvalue weighted by molar-refractivity contribution is 5.93. The summed E-state index contributed by atoms with van der Waals surface area (Å²) in [5, 5.41) is 14.4. The zero-order chi connectivity index (χ0) is 16.9. The van der Waals surface area contributed by atoms with Crippen molar-refractivity contribution >= 4 is 5.91 Å². The molecule has 8 heteroatoms. The molecule has 0 spiro atoms. The van der Waals surface area contributed by atoms with Crippen LogP contribution in [0.4, 0.5) is 0 Å². The fraction of sp³-hybridized carbons (Fsp3) is 0.250. The van der Waals surface area contributed by atoms with Gasteiger partial charge in [-0.25, -0.2) is 0 Å². The van der Waals surface area contributed by atoms with Gasteiger partial charge in [0, 0.05) is 12.6 Å². The lowest BCUT2D eigenvalue weighted by Gasteiger charge is -2.04. The van der Waals surface area contributed by atoms with Crippen LogP contribution < -0.4 is 10.1 Å². The number of hydrogen-bond acceptors (Lipinski definition) is 6. The Morgan fingerprint density at radius 3 is 3.00 bits per heavy atom. The van der Waals surface area contributed by atoms with Crippen molar-refractivity contribution in [2.24, 2.45) is 0 Å². The minimum Gasteiger partial charge on any atom is -0.496 e. The Balaban J connectivity index is 1.72. The van der Waals surface area contributed by atoms with E-state index in [2.05, 4.69) is 20.7 Å². The monoisotopic (exact) mass is 327 g/mol. The van der Waals surface area contributed by atoms with Crippen molar-refractivity contribution in [2.45, 2.75) is 20.0 Å². The number of nitrogens with zero attached hydrogens (tertiary/aromatic N) is 4. The van der Waals surface area contributed by atoms with Gasteiger partial charge in [0.2, 0.25) is 0 Å². The van der Waals surface area contributed by atoms with Crippen molar-refractivity contribution in [1.82, 2.24) is 25.2 Å². The average molecular weight is 327 g/mol. The number of aromatic nitrogens is 4. The number of nitrogens with one attached hydrogen (secondary N) is 1. The summed E-state index contributed by atoms with van der Waals surface area (Å²) in [4.78, 5) is 12.2. The molecule has 0 saturated carbocycles. The van der Waals surface area contributed by atoms with Crippen LogP contribution in [-0.2, 0) is 13.1 Å². The summed E-state index contributed by atoms with van der Waals surface area (Å²) < 4.78 is 12.4. The number of hydrogen-bond donors (Lipinski definition) is 1. The Labute approximate surface area is 138 Å². The van der Waals surface area contributed by atoms with E-state index in [-0.39, 0.29) is 18.1 Å². The van der Waals surface area contributed by atoms with Crippen molar-refractivity contribution in [3.05, 3.63) is 48.2 Å². The molecule has 1 N–H and O–H groups in total. The molecule has 0 aliphatic carbocycles. The summed E-state index contributed by atoms with van der Waals surface area (Å²) in [6, 6.07) is 8.95. The van der Waals surface area contributed by atoms with Crippen LogP contribution in [0.5, 0.6) is 5.75 Å². The Bertz CT molecular complexity index is 840. The molecule has 3 aromatic rings. The number of carbonyl (C=O) groups excluding carboxylic acids is 1. The van der Waals surface area contributed by atoms with Crippen LogP contribution in [0.25, 0.3) is 11.3 Å². The molecule has 0 aliphatic rings. The number of carbonyl (C=O) groups is 1. The first-order valence-electron chi connectivity index (χ1n) is 7.48. The number of aryl methyl sites for hydroxylation is 1. The molecule has 2 aromatic heterocycles. The van der Waals surface area contributed by atoms with Gasteiger partial charge in [0.1, 0.15) is 12.1 Å². The molecule has 0 atom stereocenters. The third kappa shape index (κ3) is 3.12. The number of benzene rings is 1. The Kier molecular flexibility index (Phi) is 4.55. The second-order valence-corrected chi connectivity index (χ2v) is 4.99. The smallest absolute Gasteiger partial charge is 0.273 e. The first kappa shape index (κ1) is 15.7. The molecule has 0 fully saturated rings. The van der Waals surface area contributed by atoms with Gasteiger partial charge in [-0.1, -0.05) is 17.3 Å². The Hall–Kier alpha value is -3.16. The fourth-order valence-electron chi connectivity index (χ4n) is 2.29. The lowest BCUT2D eigenvalue weighted by Crippen LogP contribution is -2.24. The van der Waals surface area contributed by atoms with E-state index in [1.54, 1.807) is 19.5 Å². The summed E-state index contributed by atoms with van der Waals surface area (Å²) in [7, 11) is 1.58. The summed E-state index contributed by atoms with van der Waals surface area (Å²) in [5.74, 6) is 1.45. The van der Waals surface area contributed by atoms with Gasteiger partial charge < -0.3 is 19.1 Å². The molecule has 0 saturated heterocycles. The van der Waals surface area contributed by atoms with Crippen LogP contribution in [0.3, 0.4) is 0 Å². The molecule has 3 rings (SSSR count). The summed E-state index contributed by atoms with van der Waals surface area (Å²) in [6.45, 7) is 2.98. The van der Waals surface area contributed by atoms with Crippen molar-refractivity contribution in [3.63, 3.8) is 0 Å². The minimum atomic E-state index is -0.342. The molecule has 1 aromatic carbocycles. The SMILES string of the molecule is CCn1cnnc1CNC(=O)c1cc(-c2ccccc2OC)on1. The Morgan fingerprint density at radius 2 is 2.21 bits per heavy atom. The van der Waals surface area contributed by atoms with E-state index in [0.29, 0.717) is 17.3 Å². The summed E-state index contributed by atoms with van der Waals surface area (Å²) in [6.07, 6.45) is 1.62. The van der Waals surface area contributed by atoms with Gasteiger partial charge in [0.15, 0.2) is 17.3 Å². The highest BCUT2D eigenvalue weighted by Crippen LogP contribution is 2.29. The molecule has 0 bridgehead atoms. The van der Waals surface area contributed by atoms with E-state index in [0.717, 1.165) is 12.1 Å². The Morgan fingerprint density at radius 1 is 1.38 bits per heavy atom. The zero-order valence-electron chi connectivity index (χ0n) is 13.4. The molecule has 0 unspecified atom stereocenters. The number of methoxy groups -OCH3 is 1. The quantitative estimate of drug-likeness (QED) is 0.743. The predicted octanol–water partition coefficient (Wildman–Crippen LogP) is 1.89. The third-order valence-corrected chi connectivity index (χ3v) is 3.56. The lowest BCUT2D eigenvalue weighted by molar-refractivity contribution is 0.0940. The van der Waals surface area contributed by atoms with Gasteiger partial charge in [0.25, 0.3) is 5.91 Å². The third-order valence-electron chi connectivity index (χ3n) is 3.56. The highest BCUT2D eigenvalue weighted by atomic mass is 16.5. The van der Waals surface area contributed by atoms with Gasteiger partial charge in [-0.2, -0.15) is 0 Å². The van der Waals surface area contributed by atoms with Crippen LogP contribution in [0.1, 0.15) is 23.2 Å². The van der Waals surface area contributed by atoms with E-state index in [4.69, 9.17) is 9.26 Å². The topological polar surface area (TPSA) is 95.1 Å². The predicted molar refractivity (Wildman–Crippen MR) is 85.4 cm³/mol. The first-order chi connectivity index (χ1) is 11.7.